The molecule has 2 rings (SSSR count). The van der Waals surface area contributed by atoms with Crippen LogP contribution in [0.2, 0.25) is 0 Å². The molecular weight excluding hydrogens is 326 g/mol. The van der Waals surface area contributed by atoms with E-state index in [1.807, 2.05) is 13.0 Å². The maximum Gasteiger partial charge on any atom is 0.264 e. The number of nitrogens with zero attached hydrogens (tertiary/aromatic N) is 2. The zero-order valence-electron chi connectivity index (χ0n) is 13.6. The van der Waals surface area contributed by atoms with Gasteiger partial charge in [-0.05, 0) is 38.0 Å². The number of benzene rings is 1. The van der Waals surface area contributed by atoms with Gasteiger partial charge in [-0.25, -0.2) is 0 Å². The van der Waals surface area contributed by atoms with Gasteiger partial charge in [0.05, 0.1) is 5.25 Å². The number of thioether (sulfide) groups is 1. The Bertz CT molecular complexity index is 707. The Balaban J connectivity index is 2.29. The zero-order valence-corrected chi connectivity index (χ0v) is 14.4. The van der Waals surface area contributed by atoms with Crippen LogP contribution in [0.5, 0.6) is 5.75 Å². The quantitative estimate of drug-likeness (QED) is 0.627. The number of nitriles is 1. The number of hydrogen-bond donors (Lipinski definition) is 2. The monoisotopic (exact) mass is 345 g/mol. The highest BCUT2D eigenvalue weighted by Gasteiger charge is 2.38. The lowest BCUT2D eigenvalue weighted by Crippen LogP contribution is -2.31. The molecule has 1 unspecified atom stereocenters. The summed E-state index contributed by atoms with van der Waals surface area (Å²) in [6.45, 7) is 4.40. The number of carbonyl (C=O) groups is 2. The predicted molar refractivity (Wildman–Crippen MR) is 91.9 cm³/mol. The SMILES string of the molecule is CCNC(=O)/C(C#N)=C1\SC(Cc2ccc(O)cc2)C(=O)N1CC. The van der Waals surface area contributed by atoms with Crippen LogP contribution in [0.25, 0.3) is 0 Å². The van der Waals surface area contributed by atoms with Crippen LogP contribution in [0.15, 0.2) is 34.9 Å². The third kappa shape index (κ3) is 3.71. The molecule has 0 aliphatic carbocycles. The molecule has 1 aromatic rings. The number of amides is 2. The van der Waals surface area contributed by atoms with Crippen LogP contribution < -0.4 is 5.32 Å². The predicted octanol–water partition coefficient (Wildman–Crippen LogP) is 1.77. The van der Waals surface area contributed by atoms with Gasteiger partial charge in [0, 0.05) is 13.1 Å². The van der Waals surface area contributed by atoms with Crippen molar-refractivity contribution >= 4 is 23.6 Å². The van der Waals surface area contributed by atoms with E-state index < -0.39 is 5.91 Å². The first-order valence-corrected chi connectivity index (χ1v) is 8.58. The van der Waals surface area contributed by atoms with Crippen molar-refractivity contribution in [2.24, 2.45) is 0 Å². The summed E-state index contributed by atoms with van der Waals surface area (Å²) in [5, 5.41) is 21.3. The molecule has 1 heterocycles. The average Bonchev–Trinajstić information content (AvgIpc) is 2.86. The van der Waals surface area contributed by atoms with Gasteiger partial charge in [0.15, 0.2) is 0 Å². The van der Waals surface area contributed by atoms with Crippen molar-refractivity contribution in [2.45, 2.75) is 25.5 Å². The van der Waals surface area contributed by atoms with E-state index in [1.165, 1.54) is 16.7 Å². The topological polar surface area (TPSA) is 93.4 Å². The molecular formula is C17H19N3O3S. The Kier molecular flexibility index (Phi) is 5.88. The second-order valence-electron chi connectivity index (χ2n) is 5.21. The molecule has 6 nitrogen and oxygen atoms in total. The Hall–Kier alpha value is -2.46. The minimum Gasteiger partial charge on any atom is -0.508 e. The standard InChI is InChI=1S/C17H19N3O3S/c1-3-19-15(22)13(10-18)17-20(4-2)16(23)14(24-17)9-11-5-7-12(21)8-6-11/h5-8,14,21H,3-4,9H2,1-2H3,(H,19,22)/b17-13-. The molecule has 1 fully saturated rings. The van der Waals surface area contributed by atoms with Crippen LogP contribution in [0.3, 0.4) is 0 Å². The van der Waals surface area contributed by atoms with Crippen LogP contribution in [0.1, 0.15) is 19.4 Å². The highest BCUT2D eigenvalue weighted by molar-refractivity contribution is 8.04. The molecule has 126 valence electrons. The van der Waals surface area contributed by atoms with Crippen molar-refractivity contribution in [3.05, 3.63) is 40.4 Å². The maximum atomic E-state index is 12.6. The lowest BCUT2D eigenvalue weighted by molar-refractivity contribution is -0.127. The number of phenolic OH excluding ortho intramolecular Hbond substituents is 1. The van der Waals surface area contributed by atoms with E-state index in [4.69, 9.17) is 0 Å². The first kappa shape index (κ1) is 17.9. The van der Waals surface area contributed by atoms with Gasteiger partial charge in [-0.1, -0.05) is 23.9 Å². The smallest absolute Gasteiger partial charge is 0.264 e. The summed E-state index contributed by atoms with van der Waals surface area (Å²) in [6.07, 6.45) is 0.470. The van der Waals surface area contributed by atoms with Gasteiger partial charge in [-0.2, -0.15) is 5.26 Å². The summed E-state index contributed by atoms with van der Waals surface area (Å²) in [7, 11) is 0. The number of carbonyl (C=O) groups excluding carboxylic acids is 2. The van der Waals surface area contributed by atoms with Crippen LogP contribution in [-0.4, -0.2) is 40.2 Å². The molecule has 2 N–H and O–H groups in total. The van der Waals surface area contributed by atoms with E-state index in [1.54, 1.807) is 31.2 Å². The molecule has 1 aliphatic heterocycles. The van der Waals surface area contributed by atoms with E-state index in [9.17, 15) is 20.0 Å². The lowest BCUT2D eigenvalue weighted by atomic mass is 10.1. The molecule has 24 heavy (non-hydrogen) atoms. The third-order valence-electron chi connectivity index (χ3n) is 3.60. The Morgan fingerprint density at radius 1 is 1.38 bits per heavy atom. The Labute approximate surface area is 145 Å². The van der Waals surface area contributed by atoms with E-state index in [2.05, 4.69) is 5.32 Å². The molecule has 1 atom stereocenters. The normalized spacial score (nSPS) is 19.1. The van der Waals surface area contributed by atoms with Crippen LogP contribution >= 0.6 is 11.8 Å². The number of hydrogen-bond acceptors (Lipinski definition) is 5. The van der Waals surface area contributed by atoms with E-state index in [0.717, 1.165) is 5.56 Å². The summed E-state index contributed by atoms with van der Waals surface area (Å²) in [4.78, 5) is 26.2. The highest BCUT2D eigenvalue weighted by atomic mass is 32.2. The fraction of sp³-hybridized carbons (Fsp3) is 0.353. The van der Waals surface area contributed by atoms with Crippen molar-refractivity contribution in [2.75, 3.05) is 13.1 Å². The van der Waals surface area contributed by atoms with Crippen LogP contribution in [0, 0.1) is 11.3 Å². The van der Waals surface area contributed by atoms with Gasteiger partial charge in [-0.15, -0.1) is 0 Å². The van der Waals surface area contributed by atoms with E-state index >= 15 is 0 Å². The highest BCUT2D eigenvalue weighted by Crippen LogP contribution is 2.38. The molecule has 1 aromatic carbocycles. The van der Waals surface area contributed by atoms with Crippen molar-refractivity contribution in [1.82, 2.24) is 10.2 Å². The van der Waals surface area contributed by atoms with Gasteiger partial charge >= 0.3 is 0 Å². The molecule has 0 aromatic heterocycles. The van der Waals surface area contributed by atoms with Crippen molar-refractivity contribution in [1.29, 1.82) is 5.26 Å². The minimum atomic E-state index is -0.459. The van der Waals surface area contributed by atoms with Crippen LogP contribution in [0.4, 0.5) is 0 Å². The zero-order chi connectivity index (χ0) is 17.7. The van der Waals surface area contributed by atoms with Crippen LogP contribution in [-0.2, 0) is 16.0 Å². The second-order valence-corrected chi connectivity index (χ2v) is 6.40. The average molecular weight is 345 g/mol. The first-order valence-electron chi connectivity index (χ1n) is 7.70. The number of likely N-dealkylation sites (N-methyl/N-ethyl adjacent to an activating group) is 1. The number of aromatic hydroxyl groups is 1. The van der Waals surface area contributed by atoms with Gasteiger partial charge in [0.25, 0.3) is 5.91 Å². The first-order chi connectivity index (χ1) is 11.5. The van der Waals surface area contributed by atoms with Crippen molar-refractivity contribution in [3.63, 3.8) is 0 Å². The molecule has 0 bridgehead atoms. The Morgan fingerprint density at radius 3 is 2.58 bits per heavy atom. The summed E-state index contributed by atoms with van der Waals surface area (Å²) in [6, 6.07) is 8.59. The minimum absolute atomic E-state index is 0.0229. The van der Waals surface area contributed by atoms with Crippen molar-refractivity contribution < 1.29 is 14.7 Å². The van der Waals surface area contributed by atoms with Gasteiger partial charge in [0.1, 0.15) is 22.4 Å². The Morgan fingerprint density at radius 2 is 2.04 bits per heavy atom. The van der Waals surface area contributed by atoms with Gasteiger partial charge in [-0.3, -0.25) is 9.59 Å². The van der Waals surface area contributed by atoms with E-state index in [-0.39, 0.29) is 22.5 Å². The number of phenols is 1. The number of nitrogens with one attached hydrogen (secondary N) is 1. The summed E-state index contributed by atoms with van der Waals surface area (Å²) < 4.78 is 0. The molecule has 0 radical (unpaired) electrons. The molecule has 1 saturated heterocycles. The molecule has 2 amide bonds. The van der Waals surface area contributed by atoms with Gasteiger partial charge in [0.2, 0.25) is 5.91 Å². The molecule has 7 heteroatoms. The second kappa shape index (κ2) is 7.88. The maximum absolute atomic E-state index is 12.6. The molecule has 0 saturated carbocycles. The summed E-state index contributed by atoms with van der Waals surface area (Å²) in [5.74, 6) is -0.399. The van der Waals surface area contributed by atoms with Crippen molar-refractivity contribution in [3.8, 4) is 11.8 Å². The fourth-order valence-electron chi connectivity index (χ4n) is 2.44. The molecule has 1 aliphatic rings. The largest absolute Gasteiger partial charge is 0.508 e. The molecule has 0 spiro atoms. The summed E-state index contributed by atoms with van der Waals surface area (Å²) in [5.41, 5.74) is 0.887. The number of rotatable bonds is 5. The summed E-state index contributed by atoms with van der Waals surface area (Å²) >= 11 is 1.25. The van der Waals surface area contributed by atoms with E-state index in [0.29, 0.717) is 24.5 Å². The third-order valence-corrected chi connectivity index (χ3v) is 4.90. The fourth-order valence-corrected chi connectivity index (χ4v) is 3.81. The van der Waals surface area contributed by atoms with Gasteiger partial charge < -0.3 is 15.3 Å². The lowest BCUT2D eigenvalue weighted by Gasteiger charge is -2.15.